The van der Waals surface area contributed by atoms with Crippen LogP contribution in [0.25, 0.3) is 0 Å². The highest BCUT2D eigenvalue weighted by Crippen LogP contribution is 2.36. The van der Waals surface area contributed by atoms with Crippen LogP contribution in [-0.2, 0) is 0 Å². The molecule has 1 unspecified atom stereocenters. The Bertz CT molecular complexity index is 301. The number of hydrogen-bond donors (Lipinski definition) is 0. The van der Waals surface area contributed by atoms with Crippen LogP contribution >= 0.6 is 0 Å². The van der Waals surface area contributed by atoms with Crippen LogP contribution in [0.5, 0.6) is 0 Å². The van der Waals surface area contributed by atoms with Gasteiger partial charge in [-0.15, -0.1) is 0 Å². The summed E-state index contributed by atoms with van der Waals surface area (Å²) < 4.78 is 0. The maximum atomic E-state index is 2.67. The summed E-state index contributed by atoms with van der Waals surface area (Å²) in [6, 6.07) is 0.771. The molecule has 0 N–H and O–H groups in total. The molecule has 2 rings (SSSR count). The normalized spacial score (nSPS) is 25.2. The highest BCUT2D eigenvalue weighted by molar-refractivity contribution is 4.93. The van der Waals surface area contributed by atoms with E-state index < -0.39 is 0 Å². The van der Waals surface area contributed by atoms with Crippen molar-refractivity contribution >= 4 is 0 Å². The molecule has 0 amide bonds. The fraction of sp³-hybridized carbons (Fsp3) is 1.00. The lowest BCUT2D eigenvalue weighted by Crippen LogP contribution is -2.49. The quantitative estimate of drug-likeness (QED) is 0.608. The minimum Gasteiger partial charge on any atom is -0.298 e. The molecule has 2 heteroatoms. The molecular formula is C20H42N2. The van der Waals surface area contributed by atoms with E-state index in [9.17, 15) is 0 Å². The van der Waals surface area contributed by atoms with Gasteiger partial charge in [0.05, 0.1) is 0 Å². The number of likely N-dealkylation sites (tertiary alicyclic amines) is 2. The summed E-state index contributed by atoms with van der Waals surface area (Å²) in [5.41, 5.74) is 1.19. The summed E-state index contributed by atoms with van der Waals surface area (Å²) in [4.78, 5) is 5.22. The third-order valence-corrected chi connectivity index (χ3v) is 5.17. The second kappa shape index (κ2) is 7.21. The van der Waals surface area contributed by atoms with E-state index >= 15 is 0 Å². The first-order valence-electron chi connectivity index (χ1n) is 9.35. The predicted octanol–water partition coefficient (Wildman–Crippen LogP) is 5.18. The molecule has 0 aromatic carbocycles. The van der Waals surface area contributed by atoms with E-state index in [1.807, 2.05) is 0 Å². The second-order valence-corrected chi connectivity index (χ2v) is 10.3. The zero-order valence-corrected chi connectivity index (χ0v) is 16.9. The Hall–Kier alpha value is -0.0800. The van der Waals surface area contributed by atoms with E-state index in [0.717, 1.165) is 6.04 Å². The topological polar surface area (TPSA) is 6.48 Å². The van der Waals surface area contributed by atoms with Crippen LogP contribution in [-0.4, -0.2) is 46.6 Å². The van der Waals surface area contributed by atoms with Crippen LogP contribution in [0.4, 0.5) is 0 Å². The average Bonchev–Trinajstić information content (AvgIpc) is 2.99. The smallest absolute Gasteiger partial charge is 0.0149 e. The van der Waals surface area contributed by atoms with E-state index in [4.69, 9.17) is 0 Å². The Morgan fingerprint density at radius 3 is 1.41 bits per heavy atom. The Balaban J connectivity index is 0.000000235. The molecule has 2 heterocycles. The van der Waals surface area contributed by atoms with Crippen molar-refractivity contribution in [2.45, 2.75) is 105 Å². The molecule has 0 aromatic heterocycles. The summed E-state index contributed by atoms with van der Waals surface area (Å²) in [7, 11) is 0. The van der Waals surface area contributed by atoms with Crippen molar-refractivity contribution in [3.63, 3.8) is 0 Å². The fourth-order valence-corrected chi connectivity index (χ4v) is 3.86. The van der Waals surface area contributed by atoms with E-state index in [0.29, 0.717) is 16.5 Å². The highest BCUT2D eigenvalue weighted by atomic mass is 15.2. The number of hydrogen-bond acceptors (Lipinski definition) is 2. The van der Waals surface area contributed by atoms with E-state index in [1.165, 1.54) is 45.3 Å². The first kappa shape index (κ1) is 20.0. The summed E-state index contributed by atoms with van der Waals surface area (Å²) in [5.74, 6) is 0. The van der Waals surface area contributed by atoms with Crippen LogP contribution in [0, 0.1) is 5.41 Å². The second-order valence-electron chi connectivity index (χ2n) is 10.3. The van der Waals surface area contributed by atoms with Gasteiger partial charge in [-0.1, -0.05) is 20.8 Å². The van der Waals surface area contributed by atoms with E-state index in [1.54, 1.807) is 0 Å². The van der Waals surface area contributed by atoms with E-state index in [-0.39, 0.29) is 0 Å². The third-order valence-electron chi connectivity index (χ3n) is 5.17. The van der Waals surface area contributed by atoms with Gasteiger partial charge in [0.2, 0.25) is 0 Å². The largest absolute Gasteiger partial charge is 0.298 e. The minimum absolute atomic E-state index is 0.342. The van der Waals surface area contributed by atoms with Gasteiger partial charge in [0, 0.05) is 17.1 Å². The van der Waals surface area contributed by atoms with Gasteiger partial charge in [-0.05, 0) is 92.3 Å². The van der Waals surface area contributed by atoms with Crippen molar-refractivity contribution in [3.8, 4) is 0 Å². The summed E-state index contributed by atoms with van der Waals surface area (Å²) in [5, 5.41) is 0. The number of nitrogens with zero attached hydrogens (tertiary/aromatic N) is 2. The van der Waals surface area contributed by atoms with Gasteiger partial charge in [-0.3, -0.25) is 9.80 Å². The first-order valence-corrected chi connectivity index (χ1v) is 9.35. The molecule has 22 heavy (non-hydrogen) atoms. The fourth-order valence-electron chi connectivity index (χ4n) is 3.86. The van der Waals surface area contributed by atoms with Crippen LogP contribution in [0.15, 0.2) is 0 Å². The summed E-state index contributed by atoms with van der Waals surface area (Å²) >= 11 is 0. The Morgan fingerprint density at radius 2 is 1.14 bits per heavy atom. The van der Waals surface area contributed by atoms with Crippen molar-refractivity contribution in [3.05, 3.63) is 0 Å². The summed E-state index contributed by atoms with van der Waals surface area (Å²) in [6.07, 6.45) is 5.55. The Labute approximate surface area is 140 Å². The molecule has 2 aliphatic heterocycles. The van der Waals surface area contributed by atoms with Crippen molar-refractivity contribution in [1.82, 2.24) is 9.80 Å². The Kier molecular flexibility index (Phi) is 6.55. The zero-order valence-electron chi connectivity index (χ0n) is 16.9. The predicted molar refractivity (Wildman–Crippen MR) is 99.5 cm³/mol. The molecule has 0 saturated carbocycles. The molecule has 1 atom stereocenters. The van der Waals surface area contributed by atoms with Gasteiger partial charge >= 0.3 is 0 Å². The monoisotopic (exact) mass is 310 g/mol. The molecule has 0 radical (unpaired) electrons. The van der Waals surface area contributed by atoms with Crippen LogP contribution in [0.3, 0.4) is 0 Å². The lowest BCUT2D eigenvalue weighted by molar-refractivity contribution is 0.0582. The SMILES string of the molecule is CC(C)(C)C1CCCN1C(C)(C)C.CC(C)(C)N1CCCC1. The molecule has 2 aliphatic rings. The van der Waals surface area contributed by atoms with Crippen LogP contribution < -0.4 is 0 Å². The third kappa shape index (κ3) is 5.85. The molecule has 2 fully saturated rings. The molecular weight excluding hydrogens is 268 g/mol. The van der Waals surface area contributed by atoms with Gasteiger partial charge in [0.1, 0.15) is 0 Å². The lowest BCUT2D eigenvalue weighted by atomic mass is 9.83. The molecule has 132 valence electrons. The van der Waals surface area contributed by atoms with Crippen molar-refractivity contribution in [1.29, 1.82) is 0 Å². The summed E-state index contributed by atoms with van der Waals surface area (Å²) in [6.45, 7) is 24.9. The van der Waals surface area contributed by atoms with Crippen molar-refractivity contribution in [2.75, 3.05) is 19.6 Å². The minimum atomic E-state index is 0.342. The Morgan fingerprint density at radius 1 is 0.636 bits per heavy atom. The van der Waals surface area contributed by atoms with E-state index in [2.05, 4.69) is 72.1 Å². The average molecular weight is 311 g/mol. The zero-order chi connectivity index (χ0) is 17.2. The molecule has 0 bridgehead atoms. The molecule has 0 aliphatic carbocycles. The maximum Gasteiger partial charge on any atom is 0.0149 e. The highest BCUT2D eigenvalue weighted by Gasteiger charge is 2.39. The van der Waals surface area contributed by atoms with Crippen molar-refractivity contribution in [2.24, 2.45) is 5.41 Å². The van der Waals surface area contributed by atoms with Crippen LogP contribution in [0.2, 0.25) is 0 Å². The van der Waals surface area contributed by atoms with Gasteiger partial charge in [-0.2, -0.15) is 0 Å². The standard InChI is InChI=1S/C12H25N.C8H17N/c1-11(2,3)10-8-7-9-13(10)12(4,5)6;1-8(2,3)9-6-4-5-7-9/h10H,7-9H2,1-6H3;4-7H2,1-3H3. The molecule has 2 saturated heterocycles. The van der Waals surface area contributed by atoms with Crippen molar-refractivity contribution < 1.29 is 0 Å². The van der Waals surface area contributed by atoms with Gasteiger partial charge in [-0.25, -0.2) is 0 Å². The van der Waals surface area contributed by atoms with Gasteiger partial charge in [0.15, 0.2) is 0 Å². The molecule has 2 nitrogen and oxygen atoms in total. The first-order chi connectivity index (χ1) is 9.83. The van der Waals surface area contributed by atoms with Gasteiger partial charge in [0.25, 0.3) is 0 Å². The van der Waals surface area contributed by atoms with Gasteiger partial charge < -0.3 is 0 Å². The molecule has 0 aromatic rings. The molecule has 0 spiro atoms. The lowest BCUT2D eigenvalue weighted by Gasteiger charge is -2.43. The van der Waals surface area contributed by atoms with Crippen LogP contribution in [0.1, 0.15) is 88.0 Å². The maximum absolute atomic E-state index is 2.67. The number of rotatable bonds is 0.